The molecule has 0 aliphatic heterocycles. The van der Waals surface area contributed by atoms with Crippen LogP contribution in [0.5, 0.6) is 5.75 Å². The first-order chi connectivity index (χ1) is 7.77. The van der Waals surface area contributed by atoms with E-state index >= 15 is 0 Å². The van der Waals surface area contributed by atoms with Gasteiger partial charge in [0.05, 0.1) is 0 Å². The van der Waals surface area contributed by atoms with Gasteiger partial charge in [-0.3, -0.25) is 9.78 Å². The highest BCUT2D eigenvalue weighted by Crippen LogP contribution is 2.26. The van der Waals surface area contributed by atoms with E-state index in [1.165, 1.54) is 6.92 Å². The molecule has 0 saturated carbocycles. The van der Waals surface area contributed by atoms with Gasteiger partial charge >= 0.3 is 5.97 Å². The molecule has 1 aromatic heterocycles. The molecule has 2 aromatic rings. The van der Waals surface area contributed by atoms with Crippen LogP contribution in [0.4, 0.5) is 0 Å². The minimum atomic E-state index is -0.342. The van der Waals surface area contributed by atoms with E-state index in [1.54, 1.807) is 18.3 Å². The second kappa shape index (κ2) is 4.57. The van der Waals surface area contributed by atoms with Crippen molar-refractivity contribution in [3.05, 3.63) is 48.7 Å². The van der Waals surface area contributed by atoms with Crippen LogP contribution in [-0.4, -0.2) is 11.0 Å². The van der Waals surface area contributed by atoms with Crippen molar-refractivity contribution in [1.29, 1.82) is 0 Å². The van der Waals surface area contributed by atoms with Crippen LogP contribution in [0.2, 0.25) is 0 Å². The van der Waals surface area contributed by atoms with Gasteiger partial charge < -0.3 is 4.74 Å². The number of aromatic nitrogens is 1. The molecule has 3 nitrogen and oxygen atoms in total. The molecule has 1 heterocycles. The molecule has 16 heavy (non-hydrogen) atoms. The van der Waals surface area contributed by atoms with Crippen molar-refractivity contribution in [2.24, 2.45) is 0 Å². The van der Waals surface area contributed by atoms with E-state index in [4.69, 9.17) is 4.74 Å². The molecule has 0 N–H and O–H groups in total. The first kappa shape index (κ1) is 10.4. The number of hydrogen-bond acceptors (Lipinski definition) is 3. The van der Waals surface area contributed by atoms with Crippen LogP contribution in [0.15, 0.2) is 48.7 Å². The lowest BCUT2D eigenvalue weighted by molar-refractivity contribution is -0.131. The third-order valence-electron chi connectivity index (χ3n) is 2.07. The maximum atomic E-state index is 10.9. The smallest absolute Gasteiger partial charge is 0.308 e. The van der Waals surface area contributed by atoms with E-state index in [1.807, 2.05) is 30.3 Å². The van der Waals surface area contributed by atoms with Crippen LogP contribution in [0.3, 0.4) is 0 Å². The predicted octanol–water partition coefficient (Wildman–Crippen LogP) is 2.67. The van der Waals surface area contributed by atoms with Gasteiger partial charge in [0.25, 0.3) is 0 Å². The Labute approximate surface area is 93.7 Å². The highest BCUT2D eigenvalue weighted by atomic mass is 16.5. The highest BCUT2D eigenvalue weighted by Gasteiger charge is 2.08. The summed E-state index contributed by atoms with van der Waals surface area (Å²) in [4.78, 5) is 15.2. The summed E-state index contributed by atoms with van der Waals surface area (Å²) in [6.07, 6.45) is 1.68. The topological polar surface area (TPSA) is 39.2 Å². The average molecular weight is 213 g/mol. The summed E-state index contributed by atoms with van der Waals surface area (Å²) in [5.41, 5.74) is 1.61. The lowest BCUT2D eigenvalue weighted by Gasteiger charge is -2.07. The van der Waals surface area contributed by atoms with Crippen molar-refractivity contribution in [3.63, 3.8) is 0 Å². The number of pyridine rings is 1. The SMILES string of the molecule is CC(=O)Oc1cccnc1-c1ccccc1. The molecular formula is C13H11NO2. The van der Waals surface area contributed by atoms with Gasteiger partial charge in [0.1, 0.15) is 5.69 Å². The molecule has 80 valence electrons. The monoisotopic (exact) mass is 213 g/mol. The normalized spacial score (nSPS) is 9.81. The van der Waals surface area contributed by atoms with Crippen LogP contribution >= 0.6 is 0 Å². The highest BCUT2D eigenvalue weighted by molar-refractivity contribution is 5.74. The number of carbonyl (C=O) groups is 1. The Kier molecular flexibility index (Phi) is 2.96. The molecule has 0 bridgehead atoms. The Bertz CT molecular complexity index is 494. The van der Waals surface area contributed by atoms with Crippen molar-refractivity contribution in [3.8, 4) is 17.0 Å². The van der Waals surface area contributed by atoms with Crippen LogP contribution in [0.25, 0.3) is 11.3 Å². The fourth-order valence-electron chi connectivity index (χ4n) is 1.44. The van der Waals surface area contributed by atoms with Gasteiger partial charge in [-0.1, -0.05) is 30.3 Å². The van der Waals surface area contributed by atoms with E-state index < -0.39 is 0 Å². The Morgan fingerprint density at radius 3 is 2.56 bits per heavy atom. The van der Waals surface area contributed by atoms with Gasteiger partial charge in [-0.2, -0.15) is 0 Å². The maximum Gasteiger partial charge on any atom is 0.308 e. The largest absolute Gasteiger partial charge is 0.424 e. The van der Waals surface area contributed by atoms with Crippen molar-refractivity contribution in [2.75, 3.05) is 0 Å². The molecule has 0 unspecified atom stereocenters. The lowest BCUT2D eigenvalue weighted by atomic mass is 10.1. The zero-order valence-corrected chi connectivity index (χ0v) is 8.88. The molecular weight excluding hydrogens is 202 g/mol. The molecule has 0 aliphatic rings. The first-order valence-corrected chi connectivity index (χ1v) is 4.96. The van der Waals surface area contributed by atoms with Crippen LogP contribution in [-0.2, 0) is 4.79 Å². The van der Waals surface area contributed by atoms with E-state index in [9.17, 15) is 4.79 Å². The quantitative estimate of drug-likeness (QED) is 0.720. The molecule has 3 heteroatoms. The summed E-state index contributed by atoms with van der Waals surface area (Å²) in [5.74, 6) is 0.145. The lowest BCUT2D eigenvalue weighted by Crippen LogP contribution is -2.03. The van der Waals surface area contributed by atoms with Crippen molar-refractivity contribution < 1.29 is 9.53 Å². The van der Waals surface area contributed by atoms with Crippen LogP contribution in [0, 0.1) is 0 Å². The third kappa shape index (κ3) is 2.25. The standard InChI is InChI=1S/C13H11NO2/c1-10(15)16-12-8-5-9-14-13(12)11-6-3-2-4-7-11/h2-9H,1H3. The fourth-order valence-corrected chi connectivity index (χ4v) is 1.44. The minimum absolute atomic E-state index is 0.342. The van der Waals surface area contributed by atoms with Gasteiger partial charge in [-0.15, -0.1) is 0 Å². The molecule has 0 saturated heterocycles. The number of esters is 1. The van der Waals surface area contributed by atoms with Gasteiger partial charge in [-0.05, 0) is 12.1 Å². The number of benzene rings is 1. The number of carbonyl (C=O) groups excluding carboxylic acids is 1. The zero-order valence-electron chi connectivity index (χ0n) is 8.88. The van der Waals surface area contributed by atoms with Gasteiger partial charge in [0, 0.05) is 18.7 Å². The number of ether oxygens (including phenoxy) is 1. The summed E-state index contributed by atoms with van der Waals surface area (Å²) in [5, 5.41) is 0. The average Bonchev–Trinajstić information content (AvgIpc) is 2.30. The summed E-state index contributed by atoms with van der Waals surface area (Å²) in [6, 6.07) is 13.1. The predicted molar refractivity (Wildman–Crippen MR) is 61.0 cm³/mol. The molecule has 0 radical (unpaired) electrons. The fraction of sp³-hybridized carbons (Fsp3) is 0.0769. The number of nitrogens with zero attached hydrogens (tertiary/aromatic N) is 1. The van der Waals surface area contributed by atoms with Crippen molar-refractivity contribution in [2.45, 2.75) is 6.92 Å². The Balaban J connectivity index is 2.44. The molecule has 0 aliphatic carbocycles. The van der Waals surface area contributed by atoms with Gasteiger partial charge in [-0.25, -0.2) is 0 Å². The van der Waals surface area contributed by atoms with E-state index in [-0.39, 0.29) is 5.97 Å². The Hall–Kier alpha value is -2.16. The van der Waals surface area contributed by atoms with E-state index in [0.29, 0.717) is 11.4 Å². The molecule has 2 rings (SSSR count). The maximum absolute atomic E-state index is 10.9. The van der Waals surface area contributed by atoms with Crippen LogP contribution < -0.4 is 4.74 Å². The molecule has 0 fully saturated rings. The second-order valence-corrected chi connectivity index (χ2v) is 3.31. The summed E-state index contributed by atoms with van der Waals surface area (Å²) < 4.78 is 5.10. The van der Waals surface area contributed by atoms with Crippen molar-refractivity contribution in [1.82, 2.24) is 4.98 Å². The molecule has 0 spiro atoms. The Morgan fingerprint density at radius 1 is 1.12 bits per heavy atom. The van der Waals surface area contributed by atoms with Gasteiger partial charge in [0.15, 0.2) is 5.75 Å². The third-order valence-corrected chi connectivity index (χ3v) is 2.07. The molecule has 0 amide bonds. The first-order valence-electron chi connectivity index (χ1n) is 4.96. The summed E-state index contributed by atoms with van der Waals surface area (Å²) in [7, 11) is 0. The van der Waals surface area contributed by atoms with Crippen molar-refractivity contribution >= 4 is 5.97 Å². The summed E-state index contributed by atoms with van der Waals surface area (Å²) in [6.45, 7) is 1.38. The zero-order chi connectivity index (χ0) is 11.4. The molecule has 1 aromatic carbocycles. The minimum Gasteiger partial charge on any atom is -0.424 e. The second-order valence-electron chi connectivity index (χ2n) is 3.31. The number of rotatable bonds is 2. The van der Waals surface area contributed by atoms with Crippen LogP contribution in [0.1, 0.15) is 6.92 Å². The van der Waals surface area contributed by atoms with Gasteiger partial charge in [0.2, 0.25) is 0 Å². The van der Waals surface area contributed by atoms with E-state index in [2.05, 4.69) is 4.98 Å². The molecule has 0 atom stereocenters. The van der Waals surface area contributed by atoms with E-state index in [0.717, 1.165) is 5.56 Å². The number of hydrogen-bond donors (Lipinski definition) is 0. The summed E-state index contributed by atoms with van der Waals surface area (Å²) >= 11 is 0. The Morgan fingerprint density at radius 2 is 1.88 bits per heavy atom.